The highest BCUT2D eigenvalue weighted by Gasteiger charge is 2.31. The molecule has 0 spiro atoms. The summed E-state index contributed by atoms with van der Waals surface area (Å²) < 4.78 is 1.81. The van der Waals surface area contributed by atoms with Gasteiger partial charge in [0.05, 0.1) is 10.9 Å². The van der Waals surface area contributed by atoms with Crippen molar-refractivity contribution in [3.05, 3.63) is 12.0 Å². The number of carbonyl (C=O) groups is 2. The molecule has 24 heavy (non-hydrogen) atoms. The van der Waals surface area contributed by atoms with Crippen molar-refractivity contribution in [3.63, 3.8) is 0 Å². The second-order valence-electron chi connectivity index (χ2n) is 7.28. The molecule has 1 fully saturated rings. The van der Waals surface area contributed by atoms with E-state index in [1.54, 1.807) is 6.20 Å². The highest BCUT2D eigenvalue weighted by Crippen LogP contribution is 2.30. The molecule has 0 saturated carbocycles. The smallest absolute Gasteiger partial charge is 0.278 e. The zero-order valence-corrected chi connectivity index (χ0v) is 14.6. The van der Waals surface area contributed by atoms with Crippen molar-refractivity contribution in [2.75, 3.05) is 11.4 Å². The van der Waals surface area contributed by atoms with E-state index in [4.69, 9.17) is 0 Å². The van der Waals surface area contributed by atoms with Gasteiger partial charge >= 0.3 is 6.03 Å². The molecule has 3 amide bonds. The maximum absolute atomic E-state index is 12.2. The first-order valence-corrected chi connectivity index (χ1v) is 8.06. The number of fused-ring (bicyclic) bond motifs is 1. The van der Waals surface area contributed by atoms with Crippen LogP contribution in [0.4, 0.5) is 10.6 Å². The number of nitrogens with one attached hydrogen (secondary N) is 1. The van der Waals surface area contributed by atoms with Crippen molar-refractivity contribution in [2.24, 2.45) is 0 Å². The van der Waals surface area contributed by atoms with Crippen LogP contribution in [0.3, 0.4) is 0 Å². The summed E-state index contributed by atoms with van der Waals surface area (Å²) in [4.78, 5) is 34.1. The monoisotopic (exact) mass is 330 g/mol. The molecule has 0 bridgehead atoms. The molecule has 2 aromatic rings. The molecule has 0 atom stereocenters. The van der Waals surface area contributed by atoms with Gasteiger partial charge in [-0.15, -0.1) is 0 Å². The Morgan fingerprint density at radius 1 is 1.25 bits per heavy atom. The summed E-state index contributed by atoms with van der Waals surface area (Å²) >= 11 is 0. The van der Waals surface area contributed by atoms with E-state index >= 15 is 0 Å². The molecule has 2 aromatic heterocycles. The number of urea groups is 1. The summed E-state index contributed by atoms with van der Waals surface area (Å²) in [5, 5.41) is 7.66. The molecule has 1 N–H and O–H groups in total. The maximum Gasteiger partial charge on any atom is 0.329 e. The number of anilines is 1. The molecule has 0 unspecified atom stereocenters. The molecule has 0 aromatic carbocycles. The normalized spacial score (nSPS) is 16.2. The Kier molecular flexibility index (Phi) is 3.77. The first-order valence-electron chi connectivity index (χ1n) is 8.06. The average molecular weight is 330 g/mol. The van der Waals surface area contributed by atoms with Crippen molar-refractivity contribution in [2.45, 2.75) is 52.5 Å². The van der Waals surface area contributed by atoms with Gasteiger partial charge in [0.15, 0.2) is 11.5 Å². The molecular weight excluding hydrogens is 308 g/mol. The van der Waals surface area contributed by atoms with Gasteiger partial charge in [0.2, 0.25) is 5.91 Å². The van der Waals surface area contributed by atoms with Crippen LogP contribution in [0.5, 0.6) is 0 Å². The van der Waals surface area contributed by atoms with Crippen molar-refractivity contribution < 1.29 is 9.59 Å². The van der Waals surface area contributed by atoms with Gasteiger partial charge in [-0.3, -0.25) is 15.0 Å². The van der Waals surface area contributed by atoms with Crippen molar-refractivity contribution in [3.8, 4) is 0 Å². The quantitative estimate of drug-likeness (QED) is 0.910. The van der Waals surface area contributed by atoms with E-state index in [1.807, 2.05) is 39.3 Å². The average Bonchev–Trinajstić information content (AvgIpc) is 2.86. The van der Waals surface area contributed by atoms with Gasteiger partial charge in [-0.1, -0.05) is 13.8 Å². The fraction of sp³-hybridized carbons (Fsp3) is 0.562. The predicted octanol–water partition coefficient (Wildman–Crippen LogP) is 2.15. The Labute approximate surface area is 140 Å². The van der Waals surface area contributed by atoms with Crippen LogP contribution in [-0.4, -0.2) is 38.2 Å². The molecule has 3 rings (SSSR count). The number of amides is 3. The highest BCUT2D eigenvalue weighted by atomic mass is 16.2. The van der Waals surface area contributed by atoms with Crippen LogP contribution in [-0.2, 0) is 10.3 Å². The molecule has 0 radical (unpaired) electrons. The van der Waals surface area contributed by atoms with Gasteiger partial charge in [0.1, 0.15) is 5.82 Å². The fourth-order valence-electron chi connectivity index (χ4n) is 2.61. The van der Waals surface area contributed by atoms with Gasteiger partial charge in [0, 0.05) is 25.1 Å². The summed E-state index contributed by atoms with van der Waals surface area (Å²) in [6.45, 7) is 10.4. The molecular formula is C16H22N6O2. The molecule has 3 heterocycles. The van der Waals surface area contributed by atoms with E-state index in [9.17, 15) is 9.59 Å². The van der Waals surface area contributed by atoms with Gasteiger partial charge < -0.3 is 0 Å². The van der Waals surface area contributed by atoms with Crippen LogP contribution >= 0.6 is 0 Å². The lowest BCUT2D eigenvalue weighted by atomic mass is 10.1. The third-order valence-corrected chi connectivity index (χ3v) is 3.88. The number of imide groups is 1. The number of hydrogen-bond donors (Lipinski definition) is 1. The minimum absolute atomic E-state index is 0.192. The molecule has 8 heteroatoms. The van der Waals surface area contributed by atoms with Crippen molar-refractivity contribution >= 4 is 28.8 Å². The fourth-order valence-corrected chi connectivity index (χ4v) is 2.61. The number of rotatable bonds is 2. The number of nitrogens with zero attached hydrogens (tertiary/aromatic N) is 5. The Bertz CT molecular complexity index is 818. The first kappa shape index (κ1) is 16.4. The van der Waals surface area contributed by atoms with Gasteiger partial charge in [-0.25, -0.2) is 19.4 Å². The lowest BCUT2D eigenvalue weighted by molar-refractivity contribution is -0.120. The van der Waals surface area contributed by atoms with Crippen LogP contribution < -0.4 is 10.2 Å². The second-order valence-corrected chi connectivity index (χ2v) is 7.28. The molecule has 1 aliphatic heterocycles. The van der Waals surface area contributed by atoms with E-state index in [0.717, 1.165) is 5.82 Å². The Morgan fingerprint density at radius 3 is 2.54 bits per heavy atom. The zero-order valence-electron chi connectivity index (χ0n) is 14.6. The van der Waals surface area contributed by atoms with Gasteiger partial charge in [-0.2, -0.15) is 5.10 Å². The lowest BCUT2D eigenvalue weighted by Gasteiger charge is -2.25. The van der Waals surface area contributed by atoms with Gasteiger partial charge in [0.25, 0.3) is 0 Å². The molecule has 128 valence electrons. The summed E-state index contributed by atoms with van der Waals surface area (Å²) in [6.07, 6.45) is 1.96. The molecule has 1 aliphatic rings. The van der Waals surface area contributed by atoms with E-state index in [1.165, 1.54) is 4.90 Å². The first-order chi connectivity index (χ1) is 11.2. The Hall–Kier alpha value is -2.51. The molecule has 1 saturated heterocycles. The van der Waals surface area contributed by atoms with Crippen LogP contribution in [0.25, 0.3) is 11.0 Å². The van der Waals surface area contributed by atoms with Gasteiger partial charge in [-0.05, 0) is 20.8 Å². The van der Waals surface area contributed by atoms with Crippen LogP contribution in [0.1, 0.15) is 52.8 Å². The standard InChI is InChI=1S/C16H22N6O2/c1-9(2)12-17-8-10-13(19-12)22(16(3,4)5)20-14(10)21-7-6-11(23)18-15(21)24/h8-9H,6-7H2,1-5H3,(H,18,23,24). The SMILES string of the molecule is CC(C)c1ncc2c(N3CCC(=O)NC3=O)nn(C(C)(C)C)c2n1. The lowest BCUT2D eigenvalue weighted by Crippen LogP contribution is -2.49. The Balaban J connectivity index is 2.19. The second kappa shape index (κ2) is 5.54. The molecule has 0 aliphatic carbocycles. The van der Waals surface area contributed by atoms with Crippen LogP contribution in [0, 0.1) is 0 Å². The van der Waals surface area contributed by atoms with Crippen molar-refractivity contribution in [1.29, 1.82) is 0 Å². The third kappa shape index (κ3) is 2.72. The largest absolute Gasteiger partial charge is 0.329 e. The van der Waals surface area contributed by atoms with E-state index in [0.29, 0.717) is 23.4 Å². The number of aromatic nitrogens is 4. The highest BCUT2D eigenvalue weighted by molar-refractivity contribution is 6.08. The Morgan fingerprint density at radius 2 is 1.96 bits per heavy atom. The number of carbonyl (C=O) groups excluding carboxylic acids is 2. The topological polar surface area (TPSA) is 93.0 Å². The van der Waals surface area contributed by atoms with Crippen LogP contribution in [0.2, 0.25) is 0 Å². The van der Waals surface area contributed by atoms with E-state index in [2.05, 4.69) is 20.4 Å². The maximum atomic E-state index is 12.2. The summed E-state index contributed by atoms with van der Waals surface area (Å²) in [7, 11) is 0. The van der Waals surface area contributed by atoms with E-state index in [-0.39, 0.29) is 23.8 Å². The molecule has 8 nitrogen and oxygen atoms in total. The summed E-state index contributed by atoms with van der Waals surface area (Å²) in [6, 6.07) is -0.459. The minimum atomic E-state index is -0.459. The van der Waals surface area contributed by atoms with Crippen molar-refractivity contribution in [1.82, 2.24) is 25.1 Å². The zero-order chi connectivity index (χ0) is 17.6. The minimum Gasteiger partial charge on any atom is -0.278 e. The predicted molar refractivity (Wildman–Crippen MR) is 89.9 cm³/mol. The van der Waals surface area contributed by atoms with Crippen LogP contribution in [0.15, 0.2) is 6.20 Å². The number of hydrogen-bond acceptors (Lipinski definition) is 5. The van der Waals surface area contributed by atoms with E-state index < -0.39 is 6.03 Å². The summed E-state index contributed by atoms with van der Waals surface area (Å²) in [5.74, 6) is 1.14. The third-order valence-electron chi connectivity index (χ3n) is 3.88. The summed E-state index contributed by atoms with van der Waals surface area (Å²) in [5.41, 5.74) is 0.391.